The van der Waals surface area contributed by atoms with E-state index in [1.165, 1.54) is 116 Å². The van der Waals surface area contributed by atoms with E-state index in [2.05, 4.69) is 19.1 Å². The summed E-state index contributed by atoms with van der Waals surface area (Å²) in [6.45, 7) is 4.56. The lowest BCUT2D eigenvalue weighted by atomic mass is 9.97. The van der Waals surface area contributed by atoms with Gasteiger partial charge in [-0.3, -0.25) is 9.59 Å². The van der Waals surface area contributed by atoms with Crippen LogP contribution >= 0.6 is 0 Å². The zero-order valence-corrected chi connectivity index (χ0v) is 23.4. The van der Waals surface area contributed by atoms with Crippen LogP contribution in [-0.2, 0) is 14.3 Å². The van der Waals surface area contributed by atoms with Crippen LogP contribution in [0.2, 0.25) is 0 Å². The van der Waals surface area contributed by atoms with Gasteiger partial charge >= 0.3 is 11.9 Å². The number of aliphatic carboxylic acids is 1. The standard InChI is InChI=1S/C31H58O4/c1-3-5-6-7-8-9-10-11-12-13-14-15-16-17-18-19-20-21-22-23-24-25-26-29(31(33)34)28-30(32)35-27-4-2/h7-8,29H,3-6,9-28H2,1-2H3,(H,33,34)/b8-7+. The summed E-state index contributed by atoms with van der Waals surface area (Å²) in [5, 5.41) is 9.31. The number of unbranched alkanes of at least 4 members (excludes halogenated alkanes) is 18. The third kappa shape index (κ3) is 25.6. The van der Waals surface area contributed by atoms with Gasteiger partial charge in [-0.1, -0.05) is 135 Å². The molecule has 35 heavy (non-hydrogen) atoms. The number of carboxylic acid groups (broad SMARTS) is 1. The first-order valence-corrected chi connectivity index (χ1v) is 15.1. The van der Waals surface area contributed by atoms with Crippen LogP contribution in [0.4, 0.5) is 0 Å². The average Bonchev–Trinajstić information content (AvgIpc) is 2.84. The van der Waals surface area contributed by atoms with Gasteiger partial charge in [0.25, 0.3) is 0 Å². The summed E-state index contributed by atoms with van der Waals surface area (Å²) in [5.74, 6) is -1.85. The fourth-order valence-corrected chi connectivity index (χ4v) is 4.47. The van der Waals surface area contributed by atoms with Crippen molar-refractivity contribution in [2.24, 2.45) is 5.92 Å². The number of hydrogen-bond acceptors (Lipinski definition) is 3. The van der Waals surface area contributed by atoms with Crippen LogP contribution < -0.4 is 0 Å². The molecule has 0 radical (unpaired) electrons. The summed E-state index contributed by atoms with van der Waals surface area (Å²) in [5.41, 5.74) is 0. The minimum atomic E-state index is -0.875. The Balaban J connectivity index is 3.34. The molecule has 0 rings (SSSR count). The molecule has 0 aliphatic carbocycles. The Morgan fingerprint density at radius 3 is 1.49 bits per heavy atom. The maximum absolute atomic E-state index is 11.7. The van der Waals surface area contributed by atoms with Crippen molar-refractivity contribution < 1.29 is 19.4 Å². The van der Waals surface area contributed by atoms with Crippen LogP contribution in [0.5, 0.6) is 0 Å². The van der Waals surface area contributed by atoms with Crippen molar-refractivity contribution in [3.8, 4) is 0 Å². The van der Waals surface area contributed by atoms with Crippen LogP contribution in [0.3, 0.4) is 0 Å². The molecule has 0 aliphatic rings. The number of carbonyl (C=O) groups excluding carboxylic acids is 1. The first-order valence-electron chi connectivity index (χ1n) is 15.1. The summed E-state index contributed by atoms with van der Waals surface area (Å²) >= 11 is 0. The van der Waals surface area contributed by atoms with E-state index in [-0.39, 0.29) is 12.4 Å². The highest BCUT2D eigenvalue weighted by molar-refractivity contribution is 5.78. The Hall–Kier alpha value is -1.32. The number of carbonyl (C=O) groups is 2. The van der Waals surface area contributed by atoms with Gasteiger partial charge in [-0.2, -0.15) is 0 Å². The lowest BCUT2D eigenvalue weighted by Gasteiger charge is -2.11. The zero-order chi connectivity index (χ0) is 25.8. The minimum Gasteiger partial charge on any atom is -0.481 e. The average molecular weight is 495 g/mol. The van der Waals surface area contributed by atoms with Gasteiger partial charge in [-0.15, -0.1) is 0 Å². The molecular formula is C31H58O4. The molecule has 0 aliphatic heterocycles. The molecule has 0 bridgehead atoms. The van der Waals surface area contributed by atoms with E-state index in [0.29, 0.717) is 13.0 Å². The van der Waals surface area contributed by atoms with Gasteiger partial charge in [0.2, 0.25) is 0 Å². The first kappa shape index (κ1) is 33.7. The molecule has 1 N–H and O–H groups in total. The van der Waals surface area contributed by atoms with E-state index in [0.717, 1.165) is 19.3 Å². The maximum atomic E-state index is 11.7. The van der Waals surface area contributed by atoms with Crippen LogP contribution in [0.1, 0.15) is 162 Å². The molecule has 1 atom stereocenters. The molecule has 0 saturated heterocycles. The van der Waals surface area contributed by atoms with E-state index in [9.17, 15) is 14.7 Å². The largest absolute Gasteiger partial charge is 0.481 e. The molecular weight excluding hydrogens is 436 g/mol. The second kappa shape index (κ2) is 27.3. The molecule has 0 saturated carbocycles. The lowest BCUT2D eigenvalue weighted by Crippen LogP contribution is -2.19. The summed E-state index contributed by atoms with van der Waals surface area (Å²) in [4.78, 5) is 23.0. The summed E-state index contributed by atoms with van der Waals surface area (Å²) in [7, 11) is 0. The predicted octanol–water partition coefficient (Wildman–Crippen LogP) is 9.80. The highest BCUT2D eigenvalue weighted by Crippen LogP contribution is 2.18. The third-order valence-corrected chi connectivity index (χ3v) is 6.79. The molecule has 4 heteroatoms. The van der Waals surface area contributed by atoms with Crippen molar-refractivity contribution in [2.45, 2.75) is 162 Å². The first-order chi connectivity index (χ1) is 17.1. The normalized spacial score (nSPS) is 12.3. The van der Waals surface area contributed by atoms with Crippen molar-refractivity contribution >= 4 is 11.9 Å². The fraction of sp³-hybridized carbons (Fsp3) is 0.871. The Kier molecular flexibility index (Phi) is 26.2. The molecule has 0 fully saturated rings. The van der Waals surface area contributed by atoms with Crippen molar-refractivity contribution in [3.05, 3.63) is 12.2 Å². The summed E-state index contributed by atoms with van der Waals surface area (Å²) < 4.78 is 5.02. The lowest BCUT2D eigenvalue weighted by molar-refractivity contribution is -0.151. The Morgan fingerprint density at radius 1 is 0.629 bits per heavy atom. The number of rotatable bonds is 27. The van der Waals surface area contributed by atoms with E-state index < -0.39 is 11.9 Å². The summed E-state index contributed by atoms with van der Waals surface area (Å²) in [6, 6.07) is 0. The molecule has 0 spiro atoms. The van der Waals surface area contributed by atoms with Crippen molar-refractivity contribution in [3.63, 3.8) is 0 Å². The molecule has 206 valence electrons. The topological polar surface area (TPSA) is 63.6 Å². The number of carboxylic acids is 1. The van der Waals surface area contributed by atoms with Gasteiger partial charge < -0.3 is 9.84 Å². The molecule has 0 heterocycles. The number of ether oxygens (including phenoxy) is 1. The molecule has 0 aromatic carbocycles. The SMILES string of the molecule is CCCC/C=C/CCCCCCCCCCCCCCCCCCC(CC(=O)OCCC)C(=O)O. The number of esters is 1. The van der Waals surface area contributed by atoms with E-state index in [4.69, 9.17) is 4.74 Å². The smallest absolute Gasteiger partial charge is 0.307 e. The Labute approximate surface area is 217 Å². The number of hydrogen-bond donors (Lipinski definition) is 1. The van der Waals surface area contributed by atoms with Gasteiger partial charge in [-0.05, 0) is 32.1 Å². The molecule has 0 aromatic rings. The van der Waals surface area contributed by atoms with Crippen LogP contribution in [0, 0.1) is 5.92 Å². The molecule has 1 unspecified atom stereocenters. The van der Waals surface area contributed by atoms with Gasteiger partial charge in [0.1, 0.15) is 0 Å². The van der Waals surface area contributed by atoms with Crippen LogP contribution in [0.25, 0.3) is 0 Å². The van der Waals surface area contributed by atoms with Crippen LogP contribution in [0.15, 0.2) is 12.2 Å². The van der Waals surface area contributed by atoms with Crippen molar-refractivity contribution in [1.29, 1.82) is 0 Å². The predicted molar refractivity (Wildman–Crippen MR) is 149 cm³/mol. The quantitative estimate of drug-likeness (QED) is 0.0701. The fourth-order valence-electron chi connectivity index (χ4n) is 4.47. The van der Waals surface area contributed by atoms with Gasteiger partial charge in [0.05, 0.1) is 18.9 Å². The minimum absolute atomic E-state index is 0.00635. The van der Waals surface area contributed by atoms with E-state index in [1.807, 2.05) is 6.92 Å². The number of allylic oxidation sites excluding steroid dienone is 2. The van der Waals surface area contributed by atoms with E-state index >= 15 is 0 Å². The zero-order valence-electron chi connectivity index (χ0n) is 23.4. The molecule has 4 nitrogen and oxygen atoms in total. The highest BCUT2D eigenvalue weighted by atomic mass is 16.5. The highest BCUT2D eigenvalue weighted by Gasteiger charge is 2.21. The Bertz CT molecular complexity index is 500. The van der Waals surface area contributed by atoms with E-state index in [1.54, 1.807) is 0 Å². The Morgan fingerprint density at radius 2 is 1.06 bits per heavy atom. The summed E-state index contributed by atoms with van der Waals surface area (Å²) in [6.07, 6.45) is 32.1. The van der Waals surface area contributed by atoms with Gasteiger partial charge in [0.15, 0.2) is 0 Å². The third-order valence-electron chi connectivity index (χ3n) is 6.79. The monoisotopic (exact) mass is 494 g/mol. The van der Waals surface area contributed by atoms with Crippen molar-refractivity contribution in [2.75, 3.05) is 6.61 Å². The van der Waals surface area contributed by atoms with Crippen LogP contribution in [-0.4, -0.2) is 23.7 Å². The second-order valence-electron chi connectivity index (χ2n) is 10.3. The molecule has 0 amide bonds. The van der Waals surface area contributed by atoms with Gasteiger partial charge in [0, 0.05) is 0 Å². The molecule has 0 aromatic heterocycles. The van der Waals surface area contributed by atoms with Crippen molar-refractivity contribution in [1.82, 2.24) is 0 Å². The second-order valence-corrected chi connectivity index (χ2v) is 10.3. The maximum Gasteiger partial charge on any atom is 0.307 e. The van der Waals surface area contributed by atoms with Gasteiger partial charge in [-0.25, -0.2) is 0 Å².